The van der Waals surface area contributed by atoms with Crippen LogP contribution < -0.4 is 21.3 Å². The van der Waals surface area contributed by atoms with Gasteiger partial charge in [-0.1, -0.05) is 5.16 Å². The number of carbonyl (C=O) groups is 5. The summed E-state index contributed by atoms with van der Waals surface area (Å²) in [6.45, 7) is 18.4. The monoisotopic (exact) mass is 707 g/mol. The van der Waals surface area contributed by atoms with E-state index in [1.807, 2.05) is 0 Å². The number of esters is 1. The largest absolute Gasteiger partial charge is 0.457 e. The number of anilines is 1. The number of aromatic nitrogens is 4. The van der Waals surface area contributed by atoms with Gasteiger partial charge in [0.15, 0.2) is 10.8 Å². The third-order valence-electron chi connectivity index (χ3n) is 5.88. The second kappa shape index (κ2) is 14.8. The Hall–Kier alpha value is -4.81. The van der Waals surface area contributed by atoms with Crippen molar-refractivity contribution in [2.75, 3.05) is 5.32 Å². The van der Waals surface area contributed by atoms with Gasteiger partial charge >= 0.3 is 18.2 Å². The van der Waals surface area contributed by atoms with E-state index in [0.717, 1.165) is 11.3 Å². The van der Waals surface area contributed by atoms with Crippen molar-refractivity contribution < 1.29 is 43.0 Å². The Morgan fingerprint density at radius 3 is 2.14 bits per heavy atom. The summed E-state index contributed by atoms with van der Waals surface area (Å²) in [7, 11) is 0. The van der Waals surface area contributed by atoms with Gasteiger partial charge in [0.1, 0.15) is 34.2 Å². The van der Waals surface area contributed by atoms with Gasteiger partial charge in [-0.2, -0.15) is 15.0 Å². The molecule has 1 aliphatic heterocycles. The molecule has 3 rings (SSSR count). The summed E-state index contributed by atoms with van der Waals surface area (Å²) >= 11 is 0.985. The van der Waals surface area contributed by atoms with Gasteiger partial charge in [0.2, 0.25) is 11.5 Å². The van der Waals surface area contributed by atoms with E-state index in [4.69, 9.17) is 19.0 Å². The highest BCUT2D eigenvalue weighted by Gasteiger charge is 2.42. The number of oxime groups is 1. The molecule has 4 amide bonds. The number of carbonyl (C=O) groups excluding carboxylic acids is 5. The van der Waals surface area contributed by atoms with Crippen LogP contribution >= 0.6 is 11.3 Å². The molecule has 2 aromatic heterocycles. The summed E-state index contributed by atoms with van der Waals surface area (Å²) in [6.07, 6.45) is 0.0778. The fraction of sp³-hybridized carbons (Fsp3) is 0.633. The number of rotatable bonds is 11. The number of hydrogen-bond acceptors (Lipinski definition) is 14. The Morgan fingerprint density at radius 1 is 0.939 bits per heavy atom. The van der Waals surface area contributed by atoms with Crippen LogP contribution in [-0.2, 0) is 46.5 Å². The van der Waals surface area contributed by atoms with E-state index in [-0.39, 0.29) is 29.6 Å². The molecule has 0 bridgehead atoms. The van der Waals surface area contributed by atoms with E-state index in [9.17, 15) is 24.0 Å². The predicted octanol–water partition coefficient (Wildman–Crippen LogP) is 2.63. The van der Waals surface area contributed by atoms with Gasteiger partial charge < -0.3 is 35.0 Å². The highest BCUT2D eigenvalue weighted by atomic mass is 32.1. The molecule has 0 saturated carbocycles. The summed E-state index contributed by atoms with van der Waals surface area (Å²) < 4.78 is 15.9. The number of β-lactam (4-membered cyclic amide) rings is 1. The lowest BCUT2D eigenvalue weighted by Crippen LogP contribution is -2.70. The van der Waals surface area contributed by atoms with Crippen molar-refractivity contribution in [2.24, 2.45) is 5.16 Å². The molecule has 1 fully saturated rings. The van der Waals surface area contributed by atoms with E-state index in [2.05, 4.69) is 41.6 Å². The lowest BCUT2D eigenvalue weighted by Gasteiger charge is -2.36. The topological polar surface area (TPSA) is 226 Å². The molecule has 49 heavy (non-hydrogen) atoms. The highest BCUT2D eigenvalue weighted by molar-refractivity contribution is 7.14. The molecule has 0 radical (unpaired) electrons. The van der Waals surface area contributed by atoms with Gasteiger partial charge in [0.05, 0.1) is 25.3 Å². The molecule has 1 aliphatic rings. The average Bonchev–Trinajstić information content (AvgIpc) is 3.57. The van der Waals surface area contributed by atoms with E-state index >= 15 is 0 Å². The van der Waals surface area contributed by atoms with Gasteiger partial charge in [-0.3, -0.25) is 14.9 Å². The van der Waals surface area contributed by atoms with Crippen LogP contribution in [0.5, 0.6) is 0 Å². The molecular formula is C30H45N9O9S. The lowest BCUT2D eigenvalue weighted by molar-refractivity contribution is -0.179. The van der Waals surface area contributed by atoms with E-state index < -0.39 is 64.5 Å². The summed E-state index contributed by atoms with van der Waals surface area (Å²) in [6, 6.07) is -1.64. The SMILES string of the molecule is CC(C)(C)OC(=O)NCc1cnn(C[C@H]2NC(=O)[C@H]2NC(=O)C(=NOC(C)(C)C(=O)OC(C)(C)C)c2csc(NC(=O)OC(C)(C)C)n2)n1. The number of thiazole rings is 1. The molecule has 0 unspecified atom stereocenters. The molecule has 270 valence electrons. The Kier molecular flexibility index (Phi) is 11.6. The fourth-order valence-electron chi connectivity index (χ4n) is 3.76. The second-order valence-electron chi connectivity index (χ2n) is 14.5. The van der Waals surface area contributed by atoms with Crippen molar-refractivity contribution in [3.05, 3.63) is 23.0 Å². The molecule has 18 nitrogen and oxygen atoms in total. The van der Waals surface area contributed by atoms with Gasteiger partial charge in [0, 0.05) is 5.38 Å². The van der Waals surface area contributed by atoms with Crippen LogP contribution in [0.15, 0.2) is 16.7 Å². The molecule has 2 atom stereocenters. The first-order valence-electron chi connectivity index (χ1n) is 15.3. The molecule has 0 aromatic carbocycles. The number of amides is 4. The summed E-state index contributed by atoms with van der Waals surface area (Å²) in [5.41, 5.74) is -3.81. The van der Waals surface area contributed by atoms with Crippen molar-refractivity contribution in [1.82, 2.24) is 35.9 Å². The predicted molar refractivity (Wildman–Crippen MR) is 176 cm³/mol. The van der Waals surface area contributed by atoms with E-state index in [1.54, 1.807) is 62.3 Å². The van der Waals surface area contributed by atoms with Crippen molar-refractivity contribution in [1.29, 1.82) is 0 Å². The van der Waals surface area contributed by atoms with Crippen LogP contribution in [0.4, 0.5) is 14.7 Å². The molecule has 19 heteroatoms. The molecular weight excluding hydrogens is 662 g/mol. The van der Waals surface area contributed by atoms with Crippen LogP contribution in [0.1, 0.15) is 87.5 Å². The highest BCUT2D eigenvalue weighted by Crippen LogP contribution is 2.21. The second-order valence-corrected chi connectivity index (χ2v) is 15.4. The quantitative estimate of drug-likeness (QED) is 0.0869. The van der Waals surface area contributed by atoms with Crippen molar-refractivity contribution in [3.63, 3.8) is 0 Å². The first-order chi connectivity index (χ1) is 22.4. The zero-order valence-corrected chi connectivity index (χ0v) is 30.4. The summed E-state index contributed by atoms with van der Waals surface area (Å²) in [5.74, 6) is -2.06. The normalized spacial score (nSPS) is 16.9. The van der Waals surface area contributed by atoms with Crippen LogP contribution in [0.2, 0.25) is 0 Å². The third-order valence-corrected chi connectivity index (χ3v) is 6.64. The maximum absolute atomic E-state index is 13.6. The smallest absolute Gasteiger partial charge is 0.413 e. The number of hydrogen-bond donors (Lipinski definition) is 4. The van der Waals surface area contributed by atoms with Crippen LogP contribution in [0.25, 0.3) is 0 Å². The summed E-state index contributed by atoms with van der Waals surface area (Å²) in [5, 5.41) is 24.4. The first-order valence-corrected chi connectivity index (χ1v) is 16.2. The average molecular weight is 708 g/mol. The van der Waals surface area contributed by atoms with Crippen molar-refractivity contribution in [3.8, 4) is 0 Å². The van der Waals surface area contributed by atoms with E-state index in [1.165, 1.54) is 30.2 Å². The number of nitrogens with zero attached hydrogens (tertiary/aromatic N) is 5. The third kappa shape index (κ3) is 12.3. The molecule has 4 N–H and O–H groups in total. The zero-order chi connectivity index (χ0) is 36.9. The minimum Gasteiger partial charge on any atom is -0.457 e. The number of alkyl carbamates (subject to hydrolysis) is 1. The van der Waals surface area contributed by atoms with Crippen molar-refractivity contribution in [2.45, 2.75) is 124 Å². The number of ether oxygens (including phenoxy) is 3. The van der Waals surface area contributed by atoms with E-state index in [0.29, 0.717) is 5.69 Å². The number of nitrogens with one attached hydrogen (secondary N) is 4. The van der Waals surface area contributed by atoms with Gasteiger partial charge in [-0.15, -0.1) is 11.3 Å². The Bertz CT molecular complexity index is 1580. The van der Waals surface area contributed by atoms with Crippen LogP contribution in [0, 0.1) is 0 Å². The maximum atomic E-state index is 13.6. The fourth-order valence-corrected chi connectivity index (χ4v) is 4.44. The Morgan fingerprint density at radius 2 is 1.55 bits per heavy atom. The molecule has 3 heterocycles. The van der Waals surface area contributed by atoms with Gasteiger partial charge in [-0.05, 0) is 76.2 Å². The van der Waals surface area contributed by atoms with Crippen LogP contribution in [0.3, 0.4) is 0 Å². The molecule has 0 spiro atoms. The van der Waals surface area contributed by atoms with Gasteiger partial charge in [0.25, 0.3) is 5.91 Å². The molecule has 1 saturated heterocycles. The Balaban J connectivity index is 1.76. The Labute approximate surface area is 288 Å². The van der Waals surface area contributed by atoms with Crippen LogP contribution in [-0.4, -0.2) is 90.1 Å². The maximum Gasteiger partial charge on any atom is 0.413 e. The minimum atomic E-state index is -1.62. The lowest BCUT2D eigenvalue weighted by atomic mass is 9.98. The minimum absolute atomic E-state index is 0.0132. The molecule has 2 aromatic rings. The van der Waals surface area contributed by atoms with Crippen molar-refractivity contribution >= 4 is 52.2 Å². The summed E-state index contributed by atoms with van der Waals surface area (Å²) in [4.78, 5) is 74.3. The molecule has 0 aliphatic carbocycles. The van der Waals surface area contributed by atoms with Gasteiger partial charge in [-0.25, -0.2) is 19.4 Å². The standard InChI is InChI=1S/C30H45N9O9S/c1-27(2,3)45-23(42)30(10,11)48-38-20(18-15-49-24(34-18)36-26(44)47-29(7,8)9)22(41)35-19-17(33-21(19)40)14-39-32-13-16(37-39)12-31-25(43)46-28(4,5)6/h13,15,17,19H,12,14H2,1-11H3,(H,31,43)(H,33,40)(H,35,41)(H,34,36,44)/t17-,19+/m1/s1. The first kappa shape index (κ1) is 38.6. The zero-order valence-electron chi connectivity index (χ0n) is 29.5.